The number of alkyl halides is 3. The Hall–Kier alpha value is -2.62. The normalized spacial score (nSPS) is 14.4. The van der Waals surface area contributed by atoms with Crippen LogP contribution < -0.4 is 11.2 Å². The third-order valence-electron chi connectivity index (χ3n) is 4.30. The molecule has 27 heavy (non-hydrogen) atoms. The van der Waals surface area contributed by atoms with Crippen LogP contribution in [-0.4, -0.2) is 20.3 Å². The van der Waals surface area contributed by atoms with Crippen LogP contribution in [0.15, 0.2) is 38.9 Å². The molecule has 1 N–H and O–H groups in total. The van der Waals surface area contributed by atoms with Gasteiger partial charge in [0.1, 0.15) is 5.82 Å². The van der Waals surface area contributed by atoms with Crippen molar-refractivity contribution in [3.05, 3.63) is 56.6 Å². The van der Waals surface area contributed by atoms with E-state index < -0.39 is 28.8 Å². The molecular formula is C17H11F4N3O2S. The van der Waals surface area contributed by atoms with Gasteiger partial charge in [-0.1, -0.05) is 0 Å². The van der Waals surface area contributed by atoms with Gasteiger partial charge in [0.15, 0.2) is 0 Å². The van der Waals surface area contributed by atoms with Crippen molar-refractivity contribution in [2.75, 3.05) is 5.75 Å². The molecule has 0 bridgehead atoms. The molecule has 3 aromatic rings. The van der Waals surface area contributed by atoms with Gasteiger partial charge in [0.25, 0.3) is 5.56 Å². The first kappa shape index (κ1) is 17.8. The average molecular weight is 397 g/mol. The summed E-state index contributed by atoms with van der Waals surface area (Å²) in [6.45, 7) is 0.272. The lowest BCUT2D eigenvalue weighted by Gasteiger charge is -2.19. The minimum Gasteiger partial charge on any atom is -0.292 e. The number of benzene rings is 1. The number of hydrogen-bond donors (Lipinski definition) is 1. The second-order valence-electron chi connectivity index (χ2n) is 6.00. The van der Waals surface area contributed by atoms with Gasteiger partial charge in [-0.25, -0.2) is 9.18 Å². The van der Waals surface area contributed by atoms with Crippen molar-refractivity contribution < 1.29 is 17.6 Å². The number of nitrogens with one attached hydrogen (secondary N) is 1. The molecule has 0 unspecified atom stereocenters. The molecule has 0 radical (unpaired) electrons. The lowest BCUT2D eigenvalue weighted by Crippen LogP contribution is -2.30. The maximum absolute atomic E-state index is 13.8. The molecule has 10 heteroatoms. The molecule has 2 aromatic heterocycles. The van der Waals surface area contributed by atoms with Crippen LogP contribution in [0.4, 0.5) is 17.6 Å². The van der Waals surface area contributed by atoms with E-state index in [0.717, 1.165) is 36.2 Å². The van der Waals surface area contributed by atoms with Crippen LogP contribution in [-0.2, 0) is 12.7 Å². The van der Waals surface area contributed by atoms with E-state index in [1.807, 2.05) is 0 Å². The number of hydrogen-bond acceptors (Lipinski definition) is 4. The summed E-state index contributed by atoms with van der Waals surface area (Å²) in [5.74, 6) is -0.222. The van der Waals surface area contributed by atoms with Crippen LogP contribution in [0.3, 0.4) is 0 Å². The molecule has 0 saturated heterocycles. The zero-order valence-electron chi connectivity index (χ0n) is 13.6. The molecular weight excluding hydrogens is 386 g/mol. The number of rotatable bonds is 1. The number of aryl methyl sites for hydroxylation is 1. The lowest BCUT2D eigenvalue weighted by molar-refractivity contribution is -0.137. The molecule has 0 spiro atoms. The van der Waals surface area contributed by atoms with Gasteiger partial charge >= 0.3 is 11.9 Å². The number of H-pyrrole nitrogens is 1. The zero-order chi connectivity index (χ0) is 19.3. The first-order valence-electron chi connectivity index (χ1n) is 7.93. The summed E-state index contributed by atoms with van der Waals surface area (Å²) < 4.78 is 55.9. The van der Waals surface area contributed by atoms with E-state index in [0.29, 0.717) is 12.2 Å². The summed E-state index contributed by atoms with van der Waals surface area (Å²) in [7, 11) is 0. The average Bonchev–Trinajstić information content (AvgIpc) is 2.82. The van der Waals surface area contributed by atoms with Crippen LogP contribution in [0.1, 0.15) is 12.0 Å². The quantitative estimate of drug-likeness (QED) is 0.639. The number of aromatic nitrogens is 3. The van der Waals surface area contributed by atoms with Gasteiger partial charge in [-0.3, -0.25) is 19.3 Å². The van der Waals surface area contributed by atoms with Crippen LogP contribution >= 0.6 is 11.8 Å². The first-order chi connectivity index (χ1) is 12.8. The predicted octanol–water partition coefficient (Wildman–Crippen LogP) is 3.41. The fourth-order valence-corrected chi connectivity index (χ4v) is 4.37. The van der Waals surface area contributed by atoms with Crippen molar-refractivity contribution in [1.82, 2.24) is 14.5 Å². The van der Waals surface area contributed by atoms with Gasteiger partial charge in [-0.05, 0) is 30.4 Å². The van der Waals surface area contributed by atoms with Gasteiger partial charge in [0.05, 0.1) is 28.4 Å². The van der Waals surface area contributed by atoms with E-state index in [-0.39, 0.29) is 33.6 Å². The van der Waals surface area contributed by atoms with Gasteiger partial charge in [0.2, 0.25) is 0 Å². The third kappa shape index (κ3) is 2.93. The number of halogens is 4. The molecule has 0 saturated carbocycles. The largest absolute Gasteiger partial charge is 0.417 e. The summed E-state index contributed by atoms with van der Waals surface area (Å²) in [4.78, 5) is 30.5. The molecule has 1 aliphatic heterocycles. The van der Waals surface area contributed by atoms with Crippen molar-refractivity contribution in [2.45, 2.75) is 24.0 Å². The third-order valence-corrected chi connectivity index (χ3v) is 5.48. The van der Waals surface area contributed by atoms with E-state index in [1.54, 1.807) is 0 Å². The maximum Gasteiger partial charge on any atom is 0.417 e. The highest BCUT2D eigenvalue weighted by Gasteiger charge is 2.37. The standard InChI is InChI=1S/C17H11F4N3O2S/c18-8-2-3-11(22-7-8)12-10(17(19,20)21)6-9-13-14(12)27-5-1-4-24(13)16(26)23-15(9)25/h2-3,6-7H,1,4-5H2,(H,23,25,26). The molecule has 0 fully saturated rings. The van der Waals surface area contributed by atoms with E-state index >= 15 is 0 Å². The lowest BCUT2D eigenvalue weighted by atomic mass is 10.00. The van der Waals surface area contributed by atoms with Crippen LogP contribution in [0.5, 0.6) is 0 Å². The van der Waals surface area contributed by atoms with Crippen molar-refractivity contribution in [2.24, 2.45) is 0 Å². The smallest absolute Gasteiger partial charge is 0.292 e. The molecule has 0 atom stereocenters. The topological polar surface area (TPSA) is 67.8 Å². The first-order valence-corrected chi connectivity index (χ1v) is 8.91. The van der Waals surface area contributed by atoms with E-state index in [4.69, 9.17) is 0 Å². The van der Waals surface area contributed by atoms with E-state index in [1.165, 1.54) is 4.57 Å². The monoisotopic (exact) mass is 397 g/mol. The SMILES string of the molecule is O=c1[nH]c(=O)n2c3c(c(-c4ccc(F)cn4)c(C(F)(F)F)cc13)SCCC2. The van der Waals surface area contributed by atoms with Crippen molar-refractivity contribution >= 4 is 22.7 Å². The summed E-state index contributed by atoms with van der Waals surface area (Å²) in [6.07, 6.45) is -3.40. The van der Waals surface area contributed by atoms with Gasteiger partial charge < -0.3 is 0 Å². The number of pyridine rings is 1. The fraction of sp³-hybridized carbons (Fsp3) is 0.235. The van der Waals surface area contributed by atoms with Crippen LogP contribution in [0, 0.1) is 5.82 Å². The minimum atomic E-state index is -4.77. The van der Waals surface area contributed by atoms with Crippen molar-refractivity contribution in [1.29, 1.82) is 0 Å². The van der Waals surface area contributed by atoms with Gasteiger partial charge in [0, 0.05) is 17.0 Å². The summed E-state index contributed by atoms with van der Waals surface area (Å²) in [6, 6.07) is 2.91. The molecule has 4 rings (SSSR count). The second-order valence-corrected chi connectivity index (χ2v) is 7.10. The molecule has 0 amide bonds. The molecule has 5 nitrogen and oxygen atoms in total. The maximum atomic E-state index is 13.8. The highest BCUT2D eigenvalue weighted by molar-refractivity contribution is 7.99. The summed E-state index contributed by atoms with van der Waals surface area (Å²) >= 11 is 1.13. The Kier molecular flexibility index (Phi) is 4.10. The Morgan fingerprint density at radius 2 is 2.00 bits per heavy atom. The van der Waals surface area contributed by atoms with E-state index in [2.05, 4.69) is 9.97 Å². The van der Waals surface area contributed by atoms with Crippen molar-refractivity contribution in [3.8, 4) is 11.3 Å². The number of aromatic amines is 1. The van der Waals surface area contributed by atoms with Gasteiger partial charge in [-0.2, -0.15) is 13.2 Å². The number of thioether (sulfide) groups is 1. The van der Waals surface area contributed by atoms with Crippen molar-refractivity contribution in [3.63, 3.8) is 0 Å². The summed E-state index contributed by atoms with van der Waals surface area (Å²) in [5, 5.41) is -0.211. The Balaban J connectivity index is 2.23. The predicted molar refractivity (Wildman–Crippen MR) is 92.4 cm³/mol. The highest BCUT2D eigenvalue weighted by Crippen LogP contribution is 2.45. The Bertz CT molecular complexity index is 1170. The molecule has 1 aliphatic rings. The summed E-state index contributed by atoms with van der Waals surface area (Å²) in [5.41, 5.74) is -2.77. The van der Waals surface area contributed by atoms with Crippen LogP contribution in [0.25, 0.3) is 22.2 Å². The molecule has 1 aromatic carbocycles. The second kappa shape index (κ2) is 6.22. The van der Waals surface area contributed by atoms with Gasteiger partial charge in [-0.15, -0.1) is 11.8 Å². The Morgan fingerprint density at radius 3 is 2.67 bits per heavy atom. The van der Waals surface area contributed by atoms with E-state index in [9.17, 15) is 27.2 Å². The number of nitrogens with zero attached hydrogens (tertiary/aromatic N) is 2. The molecule has 3 heterocycles. The minimum absolute atomic E-state index is 0.0747. The van der Waals surface area contributed by atoms with Crippen LogP contribution in [0.2, 0.25) is 0 Å². The zero-order valence-corrected chi connectivity index (χ0v) is 14.4. The highest BCUT2D eigenvalue weighted by atomic mass is 32.2. The Morgan fingerprint density at radius 1 is 1.22 bits per heavy atom. The molecule has 0 aliphatic carbocycles. The fourth-order valence-electron chi connectivity index (χ4n) is 3.17. The molecule has 140 valence electrons. The Labute approximate surface area is 153 Å².